The molecular formula is C23H21NO3S. The number of hydrogen-bond acceptors (Lipinski definition) is 4. The van der Waals surface area contributed by atoms with Crippen molar-refractivity contribution in [2.75, 3.05) is 12.4 Å². The Kier molecular flexibility index (Phi) is 5.64. The largest absolute Gasteiger partial charge is 0.395 e. The summed E-state index contributed by atoms with van der Waals surface area (Å²) >= 11 is 0. The highest BCUT2D eigenvalue weighted by molar-refractivity contribution is 7.91. The number of aryl methyl sites for hydroxylation is 2. The zero-order chi connectivity index (χ0) is 20.3. The Hall–Kier alpha value is -2.94. The highest BCUT2D eigenvalue weighted by atomic mass is 32.2. The fourth-order valence-corrected chi connectivity index (χ4v) is 4.26. The SMILES string of the molecule is C#Cc1c(-c2ccc(S(=O)(=O)CCO)cc2)ccc(C)c1-c1ncccc1C. The van der Waals surface area contributed by atoms with Gasteiger partial charge in [-0.15, -0.1) is 6.42 Å². The first-order valence-corrected chi connectivity index (χ1v) is 10.5. The summed E-state index contributed by atoms with van der Waals surface area (Å²) in [5.74, 6) is 2.51. The smallest absolute Gasteiger partial charge is 0.180 e. The Balaban J connectivity index is 2.16. The third kappa shape index (κ3) is 3.70. The molecule has 0 amide bonds. The van der Waals surface area contributed by atoms with E-state index in [4.69, 9.17) is 11.5 Å². The normalized spacial score (nSPS) is 11.2. The van der Waals surface area contributed by atoms with Crippen LogP contribution in [0.5, 0.6) is 0 Å². The molecule has 0 fully saturated rings. The summed E-state index contributed by atoms with van der Waals surface area (Å²) < 4.78 is 24.2. The quantitative estimate of drug-likeness (QED) is 0.672. The second-order valence-corrected chi connectivity index (χ2v) is 8.67. The summed E-state index contributed by atoms with van der Waals surface area (Å²) in [7, 11) is -3.49. The molecule has 0 aliphatic heterocycles. The molecule has 0 saturated heterocycles. The Morgan fingerprint density at radius 3 is 2.36 bits per heavy atom. The fraction of sp³-hybridized carbons (Fsp3) is 0.174. The molecule has 0 atom stereocenters. The van der Waals surface area contributed by atoms with E-state index in [1.54, 1.807) is 30.5 Å². The standard InChI is InChI=1S/C23H21NO3S/c1-4-20-21(18-8-10-19(11-9-18)28(26,27)15-14-25)12-7-16(2)22(20)23-17(3)6-5-13-24-23/h1,5-13,25H,14-15H2,2-3H3. The molecule has 3 aromatic rings. The molecular weight excluding hydrogens is 370 g/mol. The van der Waals surface area contributed by atoms with Crippen molar-refractivity contribution in [2.45, 2.75) is 18.7 Å². The number of sulfone groups is 1. The van der Waals surface area contributed by atoms with Gasteiger partial charge in [0.1, 0.15) is 0 Å². The minimum absolute atomic E-state index is 0.181. The summed E-state index contributed by atoms with van der Waals surface area (Å²) in [6, 6.07) is 14.4. The first-order valence-electron chi connectivity index (χ1n) is 8.85. The van der Waals surface area contributed by atoms with Crippen molar-refractivity contribution < 1.29 is 13.5 Å². The lowest BCUT2D eigenvalue weighted by molar-refractivity contribution is 0.319. The van der Waals surface area contributed by atoms with Crippen LogP contribution in [0.4, 0.5) is 0 Å². The van der Waals surface area contributed by atoms with Crippen LogP contribution in [0.1, 0.15) is 16.7 Å². The maximum Gasteiger partial charge on any atom is 0.180 e. The second kappa shape index (κ2) is 7.97. The van der Waals surface area contributed by atoms with Gasteiger partial charge in [-0.3, -0.25) is 4.98 Å². The van der Waals surface area contributed by atoms with Crippen LogP contribution in [-0.2, 0) is 9.84 Å². The fourth-order valence-electron chi connectivity index (χ4n) is 3.23. The molecule has 2 aromatic carbocycles. The Labute approximate surface area is 165 Å². The molecule has 5 heteroatoms. The molecule has 1 heterocycles. The van der Waals surface area contributed by atoms with Gasteiger partial charge in [-0.05, 0) is 54.3 Å². The lowest BCUT2D eigenvalue weighted by Gasteiger charge is -2.15. The lowest BCUT2D eigenvalue weighted by atomic mass is 9.90. The van der Waals surface area contributed by atoms with Crippen molar-refractivity contribution in [1.29, 1.82) is 0 Å². The Bertz CT molecular complexity index is 1160. The lowest BCUT2D eigenvalue weighted by Crippen LogP contribution is -2.09. The van der Waals surface area contributed by atoms with Crippen LogP contribution >= 0.6 is 0 Å². The monoisotopic (exact) mass is 391 g/mol. The zero-order valence-corrected chi connectivity index (χ0v) is 16.6. The van der Waals surface area contributed by atoms with Gasteiger partial charge in [0.25, 0.3) is 0 Å². The van der Waals surface area contributed by atoms with Crippen molar-refractivity contribution in [3.63, 3.8) is 0 Å². The average Bonchev–Trinajstić information content (AvgIpc) is 2.68. The summed E-state index contributed by atoms with van der Waals surface area (Å²) in [6.45, 7) is 3.59. The van der Waals surface area contributed by atoms with Gasteiger partial charge >= 0.3 is 0 Å². The van der Waals surface area contributed by atoms with Crippen molar-refractivity contribution in [2.24, 2.45) is 0 Å². The molecule has 3 rings (SSSR count). The molecule has 0 spiro atoms. The predicted molar refractivity (Wildman–Crippen MR) is 112 cm³/mol. The van der Waals surface area contributed by atoms with Gasteiger partial charge in [-0.25, -0.2) is 8.42 Å². The van der Waals surface area contributed by atoms with E-state index in [0.717, 1.165) is 39.1 Å². The third-order valence-corrected chi connectivity index (χ3v) is 6.40. The molecule has 1 N–H and O–H groups in total. The molecule has 0 bridgehead atoms. The number of nitrogens with zero attached hydrogens (tertiary/aromatic N) is 1. The maximum atomic E-state index is 12.1. The van der Waals surface area contributed by atoms with Crippen molar-refractivity contribution in [3.05, 3.63) is 71.4 Å². The van der Waals surface area contributed by atoms with Crippen molar-refractivity contribution >= 4 is 9.84 Å². The van der Waals surface area contributed by atoms with Crippen LogP contribution < -0.4 is 0 Å². The van der Waals surface area contributed by atoms with E-state index < -0.39 is 16.4 Å². The van der Waals surface area contributed by atoms with Gasteiger partial charge in [-0.2, -0.15) is 0 Å². The maximum absolute atomic E-state index is 12.1. The van der Waals surface area contributed by atoms with Gasteiger partial charge in [0, 0.05) is 17.3 Å². The molecule has 0 aliphatic rings. The molecule has 1 aromatic heterocycles. The minimum atomic E-state index is -3.49. The second-order valence-electron chi connectivity index (χ2n) is 6.56. The van der Waals surface area contributed by atoms with Crippen molar-refractivity contribution in [3.8, 4) is 34.7 Å². The van der Waals surface area contributed by atoms with Gasteiger partial charge in [0.05, 0.1) is 22.9 Å². The number of aliphatic hydroxyl groups is 1. The molecule has 0 unspecified atom stereocenters. The van der Waals surface area contributed by atoms with Crippen LogP contribution in [0.3, 0.4) is 0 Å². The first kappa shape index (κ1) is 19.8. The van der Waals surface area contributed by atoms with Gasteiger partial charge in [0.2, 0.25) is 0 Å². The number of terminal acetylenes is 1. The number of hydrogen-bond donors (Lipinski definition) is 1. The number of benzene rings is 2. The molecule has 4 nitrogen and oxygen atoms in total. The number of rotatable bonds is 5. The minimum Gasteiger partial charge on any atom is -0.395 e. The van der Waals surface area contributed by atoms with Gasteiger partial charge < -0.3 is 5.11 Å². The Morgan fingerprint density at radius 2 is 1.75 bits per heavy atom. The van der Waals surface area contributed by atoms with E-state index in [1.165, 1.54) is 0 Å². The first-order chi connectivity index (χ1) is 13.4. The molecule has 142 valence electrons. The molecule has 28 heavy (non-hydrogen) atoms. The molecule has 0 aliphatic carbocycles. The van der Waals surface area contributed by atoms with E-state index in [9.17, 15) is 8.42 Å². The molecule has 0 radical (unpaired) electrons. The topological polar surface area (TPSA) is 67.3 Å². The van der Waals surface area contributed by atoms with E-state index >= 15 is 0 Å². The number of aromatic nitrogens is 1. The number of pyridine rings is 1. The highest BCUT2D eigenvalue weighted by Crippen LogP contribution is 2.35. The van der Waals surface area contributed by atoms with E-state index in [-0.39, 0.29) is 10.6 Å². The van der Waals surface area contributed by atoms with Crippen LogP contribution in [-0.4, -0.2) is 30.9 Å². The van der Waals surface area contributed by atoms with Crippen molar-refractivity contribution in [1.82, 2.24) is 4.98 Å². The van der Waals surface area contributed by atoms with Crippen LogP contribution in [0.15, 0.2) is 59.6 Å². The van der Waals surface area contributed by atoms with E-state index in [2.05, 4.69) is 10.9 Å². The van der Waals surface area contributed by atoms with Crippen LogP contribution in [0, 0.1) is 26.2 Å². The summed E-state index contributed by atoms with van der Waals surface area (Å²) in [6.07, 6.45) is 7.63. The predicted octanol–water partition coefficient (Wildman–Crippen LogP) is 3.78. The molecule has 0 saturated carbocycles. The summed E-state index contributed by atoms with van der Waals surface area (Å²) in [5.41, 5.74) is 6.22. The summed E-state index contributed by atoms with van der Waals surface area (Å²) in [5, 5.41) is 8.94. The Morgan fingerprint density at radius 1 is 1.04 bits per heavy atom. The van der Waals surface area contributed by atoms with Crippen LogP contribution in [0.2, 0.25) is 0 Å². The van der Waals surface area contributed by atoms with E-state index in [0.29, 0.717) is 0 Å². The van der Waals surface area contributed by atoms with E-state index in [1.807, 2.05) is 38.1 Å². The zero-order valence-electron chi connectivity index (χ0n) is 15.8. The van der Waals surface area contributed by atoms with Gasteiger partial charge in [-0.1, -0.05) is 36.3 Å². The number of aliphatic hydroxyl groups excluding tert-OH is 1. The third-order valence-electron chi connectivity index (χ3n) is 4.69. The summed E-state index contributed by atoms with van der Waals surface area (Å²) in [4.78, 5) is 4.70. The highest BCUT2D eigenvalue weighted by Gasteiger charge is 2.17. The van der Waals surface area contributed by atoms with Crippen LogP contribution in [0.25, 0.3) is 22.4 Å². The average molecular weight is 391 g/mol. The van der Waals surface area contributed by atoms with Gasteiger partial charge in [0.15, 0.2) is 9.84 Å².